The predicted molar refractivity (Wildman–Crippen MR) is 118 cm³/mol. The molecule has 2 fully saturated rings. The second-order valence-electron chi connectivity index (χ2n) is 8.27. The number of hydrogen-bond donors (Lipinski definition) is 1. The smallest absolute Gasteiger partial charge is 0.220 e. The topological polar surface area (TPSA) is 94.3 Å². The normalized spacial score (nSPS) is 22.4. The minimum absolute atomic E-state index is 0.118. The lowest BCUT2D eigenvalue weighted by atomic mass is 10.0. The van der Waals surface area contributed by atoms with Crippen LogP contribution in [0, 0.1) is 5.92 Å². The van der Waals surface area contributed by atoms with Crippen LogP contribution in [0.4, 0.5) is 0 Å². The predicted octanol–water partition coefficient (Wildman–Crippen LogP) is 1.21. The Morgan fingerprint density at radius 1 is 1.30 bits per heavy atom. The van der Waals surface area contributed by atoms with E-state index in [9.17, 15) is 8.42 Å². The molecule has 0 aromatic carbocycles. The van der Waals surface area contributed by atoms with Crippen molar-refractivity contribution in [2.24, 2.45) is 10.9 Å². The summed E-state index contributed by atoms with van der Waals surface area (Å²) in [5, 5.41) is 7.08. The zero-order chi connectivity index (χ0) is 21.4. The molecule has 0 spiro atoms. The maximum absolute atomic E-state index is 12.6. The van der Waals surface area contributed by atoms with Gasteiger partial charge in [0, 0.05) is 51.9 Å². The fourth-order valence-corrected chi connectivity index (χ4v) is 5.59. The molecule has 1 unspecified atom stereocenters. The number of piperidine rings is 1. The zero-order valence-electron chi connectivity index (χ0n) is 18.3. The number of likely N-dealkylation sites (tertiary alicyclic amines) is 1. The second-order valence-corrected chi connectivity index (χ2v) is 10.2. The summed E-state index contributed by atoms with van der Waals surface area (Å²) in [5.74, 6) is 1.57. The number of nitrogens with zero attached hydrogens (tertiary/aromatic N) is 5. The van der Waals surface area contributed by atoms with Crippen molar-refractivity contribution >= 4 is 16.0 Å². The molecule has 2 saturated heterocycles. The van der Waals surface area contributed by atoms with Gasteiger partial charge in [-0.2, -0.15) is 4.31 Å². The monoisotopic (exact) mass is 440 g/mol. The van der Waals surface area contributed by atoms with Crippen LogP contribution in [0.5, 0.6) is 0 Å². The summed E-state index contributed by atoms with van der Waals surface area (Å²) in [7, 11) is -3.39. The van der Waals surface area contributed by atoms with Crippen molar-refractivity contribution in [1.82, 2.24) is 24.6 Å². The SMILES string of the molecule is CCNC(=NCCCN1CCCC(C)C1)N1CCN(S(=O)(=O)Cc2ccon2)CC1. The Morgan fingerprint density at radius 2 is 2.10 bits per heavy atom. The highest BCUT2D eigenvalue weighted by Gasteiger charge is 2.29. The number of sulfonamides is 1. The first-order valence-corrected chi connectivity index (χ1v) is 12.7. The van der Waals surface area contributed by atoms with Gasteiger partial charge in [-0.25, -0.2) is 8.42 Å². The van der Waals surface area contributed by atoms with Gasteiger partial charge in [0.15, 0.2) is 5.96 Å². The van der Waals surface area contributed by atoms with Crippen molar-refractivity contribution < 1.29 is 12.9 Å². The van der Waals surface area contributed by atoms with E-state index in [2.05, 4.69) is 34.1 Å². The molecule has 2 aliphatic heterocycles. The average molecular weight is 441 g/mol. The van der Waals surface area contributed by atoms with Gasteiger partial charge in [0.2, 0.25) is 10.0 Å². The molecule has 0 aliphatic carbocycles. The Bertz CT molecular complexity index is 760. The summed E-state index contributed by atoms with van der Waals surface area (Å²) in [6, 6.07) is 1.59. The molecule has 3 rings (SSSR count). The number of hydrogen-bond acceptors (Lipinski definition) is 6. The van der Waals surface area contributed by atoms with Crippen molar-refractivity contribution in [1.29, 1.82) is 0 Å². The Kier molecular flexibility index (Phi) is 8.52. The first-order valence-electron chi connectivity index (χ1n) is 11.1. The van der Waals surface area contributed by atoms with Crippen molar-refractivity contribution in [3.05, 3.63) is 18.0 Å². The third-order valence-electron chi connectivity index (χ3n) is 5.72. The molecule has 1 aromatic rings. The van der Waals surface area contributed by atoms with Crippen LogP contribution in [0.3, 0.4) is 0 Å². The van der Waals surface area contributed by atoms with Gasteiger partial charge in [-0.1, -0.05) is 12.1 Å². The maximum atomic E-state index is 12.6. The summed E-state index contributed by atoms with van der Waals surface area (Å²) in [6.07, 6.45) is 5.10. The molecular formula is C20H36N6O3S. The molecule has 0 radical (unpaired) electrons. The van der Waals surface area contributed by atoms with E-state index in [1.807, 2.05) is 0 Å². The lowest BCUT2D eigenvalue weighted by Crippen LogP contribution is -2.54. The van der Waals surface area contributed by atoms with Gasteiger partial charge < -0.3 is 19.6 Å². The summed E-state index contributed by atoms with van der Waals surface area (Å²) in [6.45, 7) is 11.7. The molecule has 170 valence electrons. The Morgan fingerprint density at radius 3 is 2.77 bits per heavy atom. The number of aliphatic imine (C=N–C) groups is 1. The largest absolute Gasteiger partial charge is 0.364 e. The van der Waals surface area contributed by atoms with E-state index in [-0.39, 0.29) is 5.75 Å². The van der Waals surface area contributed by atoms with Crippen LogP contribution in [-0.4, -0.2) is 92.5 Å². The molecular weight excluding hydrogens is 404 g/mol. The van der Waals surface area contributed by atoms with Crippen molar-refractivity contribution in [3.63, 3.8) is 0 Å². The molecule has 1 N–H and O–H groups in total. The van der Waals surface area contributed by atoms with E-state index in [0.29, 0.717) is 31.9 Å². The number of piperazine rings is 1. The molecule has 0 bridgehead atoms. The van der Waals surface area contributed by atoms with Crippen molar-refractivity contribution in [3.8, 4) is 0 Å². The summed E-state index contributed by atoms with van der Waals surface area (Å²) in [4.78, 5) is 9.52. The van der Waals surface area contributed by atoms with E-state index in [0.717, 1.165) is 37.9 Å². The maximum Gasteiger partial charge on any atom is 0.220 e. The Balaban J connectivity index is 1.46. The van der Waals surface area contributed by atoms with Gasteiger partial charge >= 0.3 is 0 Å². The fraction of sp³-hybridized carbons (Fsp3) is 0.800. The molecule has 2 aliphatic rings. The Labute approximate surface area is 180 Å². The highest BCUT2D eigenvalue weighted by atomic mass is 32.2. The number of guanidine groups is 1. The molecule has 1 aromatic heterocycles. The van der Waals surface area contributed by atoms with E-state index < -0.39 is 10.0 Å². The summed E-state index contributed by atoms with van der Waals surface area (Å²) >= 11 is 0. The zero-order valence-corrected chi connectivity index (χ0v) is 19.1. The molecule has 3 heterocycles. The number of rotatable bonds is 8. The number of nitrogens with one attached hydrogen (secondary N) is 1. The highest BCUT2D eigenvalue weighted by molar-refractivity contribution is 7.88. The minimum Gasteiger partial charge on any atom is -0.364 e. The number of aromatic nitrogens is 1. The van der Waals surface area contributed by atoms with E-state index in [1.165, 1.54) is 32.2 Å². The first-order chi connectivity index (χ1) is 14.5. The molecule has 9 nitrogen and oxygen atoms in total. The minimum atomic E-state index is -3.39. The van der Waals surface area contributed by atoms with Gasteiger partial charge in [-0.3, -0.25) is 4.99 Å². The molecule has 30 heavy (non-hydrogen) atoms. The highest BCUT2D eigenvalue weighted by Crippen LogP contribution is 2.15. The molecule has 0 saturated carbocycles. The third kappa shape index (κ3) is 6.68. The van der Waals surface area contributed by atoms with Gasteiger partial charge in [0.1, 0.15) is 12.0 Å². The van der Waals surface area contributed by atoms with Crippen LogP contribution in [0.25, 0.3) is 0 Å². The van der Waals surface area contributed by atoms with Crippen LogP contribution < -0.4 is 5.32 Å². The van der Waals surface area contributed by atoms with Crippen molar-refractivity contribution in [2.45, 2.75) is 38.9 Å². The van der Waals surface area contributed by atoms with Gasteiger partial charge in [-0.15, -0.1) is 0 Å². The summed E-state index contributed by atoms with van der Waals surface area (Å²) < 4.78 is 31.5. The van der Waals surface area contributed by atoms with E-state index in [4.69, 9.17) is 9.52 Å². The van der Waals surface area contributed by atoms with Crippen LogP contribution in [0.15, 0.2) is 21.8 Å². The lowest BCUT2D eigenvalue weighted by molar-refractivity contribution is 0.183. The lowest BCUT2D eigenvalue weighted by Gasteiger charge is -2.35. The van der Waals surface area contributed by atoms with E-state index in [1.54, 1.807) is 10.4 Å². The average Bonchev–Trinajstić information content (AvgIpc) is 3.23. The van der Waals surface area contributed by atoms with E-state index >= 15 is 0 Å². The van der Waals surface area contributed by atoms with Gasteiger partial charge in [0.25, 0.3) is 0 Å². The molecule has 0 amide bonds. The third-order valence-corrected chi connectivity index (χ3v) is 7.54. The second kappa shape index (κ2) is 11.1. The first kappa shape index (κ1) is 23.0. The Hall–Kier alpha value is -1.65. The molecule has 10 heteroatoms. The quantitative estimate of drug-likeness (QED) is 0.369. The summed E-state index contributed by atoms with van der Waals surface area (Å²) in [5.41, 5.74) is 0.440. The molecule has 1 atom stereocenters. The van der Waals surface area contributed by atoms with Gasteiger partial charge in [-0.05, 0) is 45.2 Å². The van der Waals surface area contributed by atoms with Crippen molar-refractivity contribution in [2.75, 3.05) is 58.9 Å². The van der Waals surface area contributed by atoms with Gasteiger partial charge in [0.05, 0.1) is 5.69 Å². The van der Waals surface area contributed by atoms with Crippen LogP contribution in [-0.2, 0) is 15.8 Å². The fourth-order valence-electron chi connectivity index (χ4n) is 4.16. The van der Waals surface area contributed by atoms with Crippen LogP contribution in [0.2, 0.25) is 0 Å². The van der Waals surface area contributed by atoms with Crippen LogP contribution in [0.1, 0.15) is 38.8 Å². The van der Waals surface area contributed by atoms with Crippen LogP contribution >= 0.6 is 0 Å². The standard InChI is InChI=1S/C20H36N6O3S/c1-3-21-20(22-8-5-10-24-9-4-6-18(2)16-24)25-11-13-26(14-12-25)30(27,28)17-19-7-15-29-23-19/h7,15,18H,3-6,8-14,16-17H2,1-2H3,(H,21,22).